The number of ether oxygens (including phenoxy) is 1. The molecular formula is C21H22N6O4. The van der Waals surface area contributed by atoms with Gasteiger partial charge in [-0.3, -0.25) is 4.79 Å². The molecule has 1 aliphatic heterocycles. The first-order valence-corrected chi connectivity index (χ1v) is 10.1. The van der Waals surface area contributed by atoms with Gasteiger partial charge >= 0.3 is 0 Å². The third kappa shape index (κ3) is 3.60. The molecule has 1 atom stereocenters. The fourth-order valence-electron chi connectivity index (χ4n) is 3.61. The van der Waals surface area contributed by atoms with E-state index in [2.05, 4.69) is 25.3 Å². The van der Waals surface area contributed by atoms with E-state index < -0.39 is 0 Å². The van der Waals surface area contributed by atoms with Crippen molar-refractivity contribution in [3.63, 3.8) is 0 Å². The zero-order valence-corrected chi connectivity index (χ0v) is 17.0. The van der Waals surface area contributed by atoms with Gasteiger partial charge in [-0.2, -0.15) is 5.10 Å². The highest BCUT2D eigenvalue weighted by Gasteiger charge is 2.20. The molecule has 0 spiro atoms. The van der Waals surface area contributed by atoms with Crippen LogP contribution < -0.4 is 10.2 Å². The molecule has 0 unspecified atom stereocenters. The minimum atomic E-state index is -0.369. The number of hydrogen-bond donors (Lipinski definition) is 2. The molecule has 4 aromatic heterocycles. The molecule has 2 N–H and O–H groups in total. The molecule has 5 rings (SSSR count). The van der Waals surface area contributed by atoms with Crippen LogP contribution in [-0.4, -0.2) is 69.5 Å². The highest BCUT2D eigenvalue weighted by Crippen LogP contribution is 2.33. The van der Waals surface area contributed by atoms with Crippen LogP contribution in [0.2, 0.25) is 0 Å². The lowest BCUT2D eigenvalue weighted by atomic mass is 10.2. The Bertz CT molecular complexity index is 1240. The van der Waals surface area contributed by atoms with Gasteiger partial charge in [-0.05, 0) is 31.2 Å². The van der Waals surface area contributed by atoms with Crippen LogP contribution in [-0.2, 0) is 4.74 Å². The molecule has 160 valence electrons. The van der Waals surface area contributed by atoms with Gasteiger partial charge in [0.15, 0.2) is 11.4 Å². The summed E-state index contributed by atoms with van der Waals surface area (Å²) in [6.07, 6.45) is 3.40. The number of amides is 1. The molecule has 10 nitrogen and oxygen atoms in total. The molecule has 5 heterocycles. The van der Waals surface area contributed by atoms with Gasteiger partial charge in [0.1, 0.15) is 22.8 Å². The van der Waals surface area contributed by atoms with Crippen molar-refractivity contribution in [2.75, 3.05) is 37.8 Å². The average Bonchev–Trinajstić information content (AvgIpc) is 3.42. The molecule has 0 aliphatic carbocycles. The van der Waals surface area contributed by atoms with E-state index in [9.17, 15) is 4.79 Å². The fraction of sp³-hybridized carbons (Fsp3) is 0.333. The Morgan fingerprint density at radius 1 is 1.26 bits per heavy atom. The maximum Gasteiger partial charge on any atom is 0.272 e. The molecule has 4 aromatic rings. The van der Waals surface area contributed by atoms with Crippen molar-refractivity contribution in [2.45, 2.75) is 13.0 Å². The van der Waals surface area contributed by atoms with Crippen LogP contribution >= 0.6 is 0 Å². The summed E-state index contributed by atoms with van der Waals surface area (Å²) in [7, 11) is 0. The summed E-state index contributed by atoms with van der Waals surface area (Å²) in [5.41, 5.74) is 2.16. The van der Waals surface area contributed by atoms with Gasteiger partial charge in [0.2, 0.25) is 0 Å². The normalized spacial score (nSPS) is 15.5. The summed E-state index contributed by atoms with van der Waals surface area (Å²) in [6.45, 7) is 4.44. The monoisotopic (exact) mass is 422 g/mol. The number of furan rings is 1. The number of pyridine rings is 1. The number of carbonyl (C=O) groups is 1. The largest absolute Gasteiger partial charge is 0.454 e. The number of carbonyl (C=O) groups excluding carboxylic acids is 1. The van der Waals surface area contributed by atoms with E-state index in [4.69, 9.17) is 14.3 Å². The summed E-state index contributed by atoms with van der Waals surface area (Å²) >= 11 is 0. The van der Waals surface area contributed by atoms with Crippen LogP contribution in [0.15, 0.2) is 41.1 Å². The second-order valence-corrected chi connectivity index (χ2v) is 7.45. The molecule has 0 saturated carbocycles. The highest BCUT2D eigenvalue weighted by atomic mass is 16.5. The number of hydrogen-bond acceptors (Lipinski definition) is 8. The Labute approximate surface area is 177 Å². The summed E-state index contributed by atoms with van der Waals surface area (Å²) in [5, 5.41) is 17.2. The van der Waals surface area contributed by atoms with Gasteiger partial charge in [0.25, 0.3) is 5.91 Å². The number of nitrogens with zero attached hydrogens (tertiary/aromatic N) is 5. The number of anilines is 1. The third-order valence-corrected chi connectivity index (χ3v) is 5.23. The lowest BCUT2D eigenvalue weighted by molar-refractivity contribution is 0.0916. The smallest absolute Gasteiger partial charge is 0.272 e. The van der Waals surface area contributed by atoms with Gasteiger partial charge in [-0.1, -0.05) is 0 Å². The predicted molar refractivity (Wildman–Crippen MR) is 113 cm³/mol. The molecule has 0 bridgehead atoms. The second-order valence-electron chi connectivity index (χ2n) is 7.45. The SMILES string of the molecule is C[C@@H](CO)NC(=O)c1ccc2ncc(-c3cc4c(N5CCOCC5)nccc4o3)n2n1. The number of fused-ring (bicyclic) bond motifs is 2. The molecule has 0 radical (unpaired) electrons. The van der Waals surface area contributed by atoms with E-state index in [1.54, 1.807) is 36.0 Å². The summed E-state index contributed by atoms with van der Waals surface area (Å²) in [5.74, 6) is 1.07. The van der Waals surface area contributed by atoms with Gasteiger partial charge in [-0.25, -0.2) is 14.5 Å². The zero-order chi connectivity index (χ0) is 21.4. The van der Waals surface area contributed by atoms with E-state index in [1.165, 1.54) is 0 Å². The minimum Gasteiger partial charge on any atom is -0.454 e. The first-order chi connectivity index (χ1) is 15.1. The molecule has 0 aromatic carbocycles. The van der Waals surface area contributed by atoms with Crippen molar-refractivity contribution in [1.82, 2.24) is 24.9 Å². The van der Waals surface area contributed by atoms with Gasteiger partial charge in [0, 0.05) is 25.3 Å². The quantitative estimate of drug-likeness (QED) is 0.497. The Morgan fingerprint density at radius 2 is 2.10 bits per heavy atom. The molecule has 1 amide bonds. The summed E-state index contributed by atoms with van der Waals surface area (Å²) < 4.78 is 13.1. The molecule has 1 saturated heterocycles. The number of morpholine rings is 1. The van der Waals surface area contributed by atoms with Crippen LogP contribution in [0.4, 0.5) is 5.82 Å². The first-order valence-electron chi connectivity index (χ1n) is 10.1. The Balaban J connectivity index is 1.54. The number of imidazole rings is 1. The van der Waals surface area contributed by atoms with E-state index in [0.717, 1.165) is 24.3 Å². The zero-order valence-electron chi connectivity index (χ0n) is 17.0. The number of aliphatic hydroxyl groups excluding tert-OH is 1. The number of nitrogens with one attached hydrogen (secondary N) is 1. The van der Waals surface area contributed by atoms with E-state index >= 15 is 0 Å². The number of rotatable bonds is 5. The maximum atomic E-state index is 12.4. The van der Waals surface area contributed by atoms with E-state index in [-0.39, 0.29) is 24.2 Å². The molecule has 10 heteroatoms. The molecule has 31 heavy (non-hydrogen) atoms. The van der Waals surface area contributed by atoms with Gasteiger partial charge in [-0.15, -0.1) is 0 Å². The standard InChI is InChI=1S/C21H22N6O4/c1-13(12-28)24-21(29)15-2-3-19-23-11-16(27(19)25-15)18-10-14-17(31-18)4-5-22-20(14)26-6-8-30-9-7-26/h2-5,10-11,13,28H,6-9,12H2,1H3,(H,24,29)/t13-/m0/s1. The van der Waals surface area contributed by atoms with Crippen LogP contribution in [0.3, 0.4) is 0 Å². The van der Waals surface area contributed by atoms with E-state index in [1.807, 2.05) is 12.1 Å². The van der Waals surface area contributed by atoms with Crippen LogP contribution in [0.1, 0.15) is 17.4 Å². The van der Waals surface area contributed by atoms with Crippen molar-refractivity contribution >= 4 is 28.3 Å². The van der Waals surface area contributed by atoms with Crippen LogP contribution in [0.25, 0.3) is 28.1 Å². The third-order valence-electron chi connectivity index (χ3n) is 5.23. The Morgan fingerprint density at radius 3 is 2.90 bits per heavy atom. The van der Waals surface area contributed by atoms with Crippen molar-refractivity contribution in [2.24, 2.45) is 0 Å². The lowest BCUT2D eigenvalue weighted by Crippen LogP contribution is -2.36. The first kappa shape index (κ1) is 19.5. The van der Waals surface area contributed by atoms with Gasteiger partial charge in [0.05, 0.1) is 31.4 Å². The predicted octanol–water partition coefficient (Wildman–Crippen LogP) is 1.48. The summed E-state index contributed by atoms with van der Waals surface area (Å²) in [4.78, 5) is 23.5. The molecule has 1 fully saturated rings. The number of aliphatic hydroxyl groups is 1. The van der Waals surface area contributed by atoms with E-state index in [0.29, 0.717) is 35.9 Å². The molecule has 1 aliphatic rings. The minimum absolute atomic E-state index is 0.150. The van der Waals surface area contributed by atoms with Crippen molar-refractivity contribution in [3.05, 3.63) is 42.4 Å². The summed E-state index contributed by atoms with van der Waals surface area (Å²) in [6, 6.07) is 6.71. The van der Waals surface area contributed by atoms with Crippen molar-refractivity contribution < 1.29 is 19.1 Å². The van der Waals surface area contributed by atoms with Crippen LogP contribution in [0, 0.1) is 0 Å². The Kier molecular flexibility index (Phi) is 5.00. The van der Waals surface area contributed by atoms with Gasteiger partial charge < -0.3 is 24.5 Å². The second kappa shape index (κ2) is 7.97. The molecular weight excluding hydrogens is 400 g/mol. The van der Waals surface area contributed by atoms with Crippen LogP contribution in [0.5, 0.6) is 0 Å². The van der Waals surface area contributed by atoms with Crippen molar-refractivity contribution in [3.8, 4) is 11.5 Å². The highest BCUT2D eigenvalue weighted by molar-refractivity contribution is 5.93. The topological polar surface area (TPSA) is 118 Å². The average molecular weight is 422 g/mol. The lowest BCUT2D eigenvalue weighted by Gasteiger charge is -2.28. The number of aromatic nitrogens is 4. The fourth-order valence-corrected chi connectivity index (χ4v) is 3.61. The maximum absolute atomic E-state index is 12.4. The van der Waals surface area contributed by atoms with Crippen molar-refractivity contribution in [1.29, 1.82) is 0 Å². The Hall–Kier alpha value is -3.50.